The number of H-pyrrole nitrogens is 1. The van der Waals surface area contributed by atoms with Crippen LogP contribution in [0.3, 0.4) is 0 Å². The van der Waals surface area contributed by atoms with Crippen LogP contribution >= 0.6 is 0 Å². The van der Waals surface area contributed by atoms with Gasteiger partial charge in [-0.25, -0.2) is 24.9 Å². The highest BCUT2D eigenvalue weighted by Gasteiger charge is 2.35. The predicted molar refractivity (Wildman–Crippen MR) is 135 cm³/mol. The smallest absolute Gasteiger partial charge is 0.434 e. The number of halogens is 3. The van der Waals surface area contributed by atoms with E-state index >= 15 is 0 Å². The summed E-state index contributed by atoms with van der Waals surface area (Å²) in [6, 6.07) is 6.76. The molecule has 11 nitrogen and oxygen atoms in total. The number of nitrogens with zero attached hydrogens (tertiary/aromatic N) is 7. The van der Waals surface area contributed by atoms with E-state index in [4.69, 9.17) is 9.47 Å². The van der Waals surface area contributed by atoms with E-state index in [0.717, 1.165) is 30.9 Å². The summed E-state index contributed by atoms with van der Waals surface area (Å²) in [5.74, 6) is 1.05. The molecule has 0 atom stereocenters. The van der Waals surface area contributed by atoms with E-state index in [1.807, 2.05) is 0 Å². The van der Waals surface area contributed by atoms with E-state index in [1.165, 1.54) is 25.1 Å². The Morgan fingerprint density at radius 2 is 1.82 bits per heavy atom. The Bertz CT molecular complexity index is 1780. The van der Waals surface area contributed by atoms with E-state index < -0.39 is 17.4 Å². The lowest BCUT2D eigenvalue weighted by molar-refractivity contribution is -0.140. The Balaban J connectivity index is 1.33. The van der Waals surface area contributed by atoms with Crippen LogP contribution in [0.5, 0.6) is 11.8 Å². The third-order valence-electron chi connectivity index (χ3n) is 6.38. The van der Waals surface area contributed by atoms with Crippen LogP contribution < -0.4 is 15.0 Å². The van der Waals surface area contributed by atoms with Crippen molar-refractivity contribution in [2.45, 2.75) is 31.5 Å². The number of ether oxygens (including phenoxy) is 2. The van der Waals surface area contributed by atoms with Crippen molar-refractivity contribution in [1.29, 1.82) is 0 Å². The highest BCUT2D eigenvalue weighted by atomic mass is 19.4. The highest BCUT2D eigenvalue weighted by Crippen LogP contribution is 2.45. The van der Waals surface area contributed by atoms with Crippen molar-refractivity contribution in [3.05, 3.63) is 70.3 Å². The molecule has 0 amide bonds. The van der Waals surface area contributed by atoms with Gasteiger partial charge in [0.25, 0.3) is 5.56 Å². The minimum absolute atomic E-state index is 0.0545. The van der Waals surface area contributed by atoms with E-state index in [0.29, 0.717) is 22.6 Å². The van der Waals surface area contributed by atoms with Crippen molar-refractivity contribution in [2.24, 2.45) is 7.05 Å². The summed E-state index contributed by atoms with van der Waals surface area (Å²) < 4.78 is 52.0. The van der Waals surface area contributed by atoms with Crippen LogP contribution in [-0.4, -0.2) is 46.6 Å². The number of rotatable bonds is 7. The zero-order valence-corrected chi connectivity index (χ0v) is 21.2. The van der Waals surface area contributed by atoms with Crippen molar-refractivity contribution in [3.8, 4) is 34.5 Å². The summed E-state index contributed by atoms with van der Waals surface area (Å²) >= 11 is 0. The Morgan fingerprint density at radius 1 is 1.05 bits per heavy atom. The molecule has 14 heteroatoms. The van der Waals surface area contributed by atoms with Gasteiger partial charge < -0.3 is 19.0 Å². The lowest BCUT2D eigenvalue weighted by atomic mass is 10.1. The van der Waals surface area contributed by atoms with Crippen molar-refractivity contribution in [3.63, 3.8) is 0 Å². The van der Waals surface area contributed by atoms with Crippen LogP contribution in [0.25, 0.3) is 33.9 Å². The first-order valence-electron chi connectivity index (χ1n) is 12.2. The summed E-state index contributed by atoms with van der Waals surface area (Å²) in [4.78, 5) is 40.3. The Kier molecular flexibility index (Phi) is 6.16. The number of aryl methyl sites for hydroxylation is 1. The molecule has 0 aliphatic heterocycles. The summed E-state index contributed by atoms with van der Waals surface area (Å²) in [6.07, 6.45) is 0.884. The van der Waals surface area contributed by atoms with Gasteiger partial charge in [0.15, 0.2) is 22.7 Å². The van der Waals surface area contributed by atoms with Gasteiger partial charge in [-0.1, -0.05) is 24.3 Å². The number of fused-ring (bicyclic) bond motifs is 1. The Labute approximate surface area is 224 Å². The molecule has 1 aliphatic carbocycles. The van der Waals surface area contributed by atoms with Crippen molar-refractivity contribution in [1.82, 2.24) is 39.5 Å². The average molecular weight is 551 g/mol. The zero-order valence-electron chi connectivity index (χ0n) is 21.2. The van der Waals surface area contributed by atoms with Gasteiger partial charge in [0.05, 0.1) is 19.0 Å². The second-order valence-corrected chi connectivity index (χ2v) is 9.26. The number of aromatic nitrogens is 8. The quantitative estimate of drug-likeness (QED) is 0.318. The molecule has 0 radical (unpaired) electrons. The molecule has 0 bridgehead atoms. The minimum Gasteiger partial charge on any atom is -0.480 e. The molecular formula is C26H21F3N8O3. The maximum Gasteiger partial charge on any atom is 0.434 e. The number of nitrogens with one attached hydrogen (secondary N) is 1. The standard InChI is InChI=1S/C26H21F3N8O3/c1-37-10-16(26(27,28)29)33-23(37)15-5-3-13(4-6-15)11-40-25-20-22(34-17(38)9-30-20)35-21(36-25)18-19(14-7-8-14)31-12-32-24(18)39-2/h3-6,9-10,12,14H,7-8,11H2,1-2H3,(H,34,35,36,38). The van der Waals surface area contributed by atoms with Crippen LogP contribution in [0.15, 0.2) is 47.8 Å². The van der Waals surface area contributed by atoms with Gasteiger partial charge in [-0.05, 0) is 18.4 Å². The number of imidazole rings is 1. The summed E-state index contributed by atoms with van der Waals surface area (Å²) in [5, 5.41) is 0. The van der Waals surface area contributed by atoms with Gasteiger partial charge in [0.2, 0.25) is 11.8 Å². The molecule has 0 spiro atoms. The molecule has 6 rings (SSSR count). The maximum absolute atomic E-state index is 13.1. The number of alkyl halides is 3. The number of benzene rings is 1. The van der Waals surface area contributed by atoms with Crippen molar-refractivity contribution < 1.29 is 22.6 Å². The SMILES string of the molecule is COc1ncnc(C2CC2)c1-c1nc(OCc2ccc(-c3nc(C(F)(F)F)cn3C)cc2)c2ncc(=O)[nH]c2n1. The summed E-state index contributed by atoms with van der Waals surface area (Å²) in [7, 11) is 2.99. The fourth-order valence-electron chi connectivity index (χ4n) is 4.31. The number of methoxy groups -OCH3 is 1. The third kappa shape index (κ3) is 4.83. The van der Waals surface area contributed by atoms with E-state index in [1.54, 1.807) is 24.3 Å². The molecule has 1 aromatic carbocycles. The summed E-state index contributed by atoms with van der Waals surface area (Å²) in [6.45, 7) is 0.0545. The van der Waals surface area contributed by atoms with Gasteiger partial charge >= 0.3 is 6.18 Å². The molecular weight excluding hydrogens is 529 g/mol. The molecule has 4 aromatic heterocycles. The molecule has 1 N–H and O–H groups in total. The summed E-state index contributed by atoms with van der Waals surface area (Å²) in [5.41, 5.74) is 1.51. The second kappa shape index (κ2) is 9.70. The first-order valence-corrected chi connectivity index (χ1v) is 12.2. The van der Waals surface area contributed by atoms with Gasteiger partial charge in [-0.2, -0.15) is 18.2 Å². The largest absolute Gasteiger partial charge is 0.480 e. The molecule has 1 saturated carbocycles. The molecule has 1 fully saturated rings. The van der Waals surface area contributed by atoms with Crippen LogP contribution in [0.4, 0.5) is 13.2 Å². The lowest BCUT2D eigenvalue weighted by Crippen LogP contribution is -2.10. The van der Waals surface area contributed by atoms with E-state index in [-0.39, 0.29) is 41.2 Å². The molecule has 0 unspecified atom stereocenters. The van der Waals surface area contributed by atoms with Crippen molar-refractivity contribution in [2.75, 3.05) is 7.11 Å². The van der Waals surface area contributed by atoms with Gasteiger partial charge in [-0.15, -0.1) is 0 Å². The number of aromatic amines is 1. The minimum atomic E-state index is -4.53. The van der Waals surface area contributed by atoms with Gasteiger partial charge in [0.1, 0.15) is 24.3 Å². The van der Waals surface area contributed by atoms with Gasteiger partial charge in [-0.3, -0.25) is 4.79 Å². The molecule has 1 aliphatic rings. The van der Waals surface area contributed by atoms with E-state index in [2.05, 4.69) is 34.9 Å². The van der Waals surface area contributed by atoms with Gasteiger partial charge in [0, 0.05) is 24.7 Å². The molecule has 4 heterocycles. The van der Waals surface area contributed by atoms with E-state index in [9.17, 15) is 18.0 Å². The Hall–Kier alpha value is -4.88. The Morgan fingerprint density at radius 3 is 2.50 bits per heavy atom. The maximum atomic E-state index is 13.1. The van der Waals surface area contributed by atoms with Crippen LogP contribution in [0.2, 0.25) is 0 Å². The fraction of sp³-hybridized carbons (Fsp3) is 0.269. The molecule has 204 valence electrons. The molecule has 5 aromatic rings. The van der Waals surface area contributed by atoms with Crippen LogP contribution in [-0.2, 0) is 19.8 Å². The normalized spacial score (nSPS) is 13.5. The first-order chi connectivity index (χ1) is 19.2. The lowest BCUT2D eigenvalue weighted by Gasteiger charge is -2.13. The number of hydrogen-bond donors (Lipinski definition) is 1. The molecule has 40 heavy (non-hydrogen) atoms. The number of hydrogen-bond acceptors (Lipinski definition) is 9. The fourth-order valence-corrected chi connectivity index (χ4v) is 4.31. The average Bonchev–Trinajstić information content (AvgIpc) is 3.71. The monoisotopic (exact) mass is 550 g/mol. The van der Waals surface area contributed by atoms with Crippen molar-refractivity contribution >= 4 is 11.2 Å². The topological polar surface area (TPSA) is 134 Å². The second-order valence-electron chi connectivity index (χ2n) is 9.26. The zero-order chi connectivity index (χ0) is 28.0. The van der Waals surface area contributed by atoms with Crippen LogP contribution in [0.1, 0.15) is 35.7 Å². The third-order valence-corrected chi connectivity index (χ3v) is 6.38. The predicted octanol–water partition coefficient (Wildman–Crippen LogP) is 4.05. The highest BCUT2D eigenvalue weighted by molar-refractivity contribution is 5.79. The van der Waals surface area contributed by atoms with Crippen LogP contribution in [0, 0.1) is 0 Å². The first kappa shape index (κ1) is 25.4. The molecule has 0 saturated heterocycles.